The number of thioether (sulfide) groups is 1. The molecule has 2 aromatic carbocycles. The van der Waals surface area contributed by atoms with E-state index in [9.17, 15) is 4.79 Å². The van der Waals surface area contributed by atoms with Crippen molar-refractivity contribution in [2.45, 2.75) is 31.8 Å². The van der Waals surface area contributed by atoms with E-state index in [0.29, 0.717) is 11.7 Å². The number of nitrogens with one attached hydrogen (secondary N) is 1. The summed E-state index contributed by atoms with van der Waals surface area (Å²) in [7, 11) is 0. The minimum atomic E-state index is -0.0101. The van der Waals surface area contributed by atoms with Gasteiger partial charge in [-0.2, -0.15) is 4.68 Å². The van der Waals surface area contributed by atoms with E-state index in [2.05, 4.69) is 33.0 Å². The second-order valence-electron chi connectivity index (χ2n) is 6.34. The molecule has 0 bridgehead atoms. The van der Waals surface area contributed by atoms with E-state index in [1.165, 1.54) is 17.3 Å². The molecule has 0 aliphatic heterocycles. The summed E-state index contributed by atoms with van der Waals surface area (Å²) in [6.07, 6.45) is 1.87. The number of benzene rings is 2. The van der Waals surface area contributed by atoms with Crippen molar-refractivity contribution in [3.63, 3.8) is 0 Å². The van der Waals surface area contributed by atoms with Gasteiger partial charge < -0.3 is 5.32 Å². The average Bonchev–Trinajstić information content (AvgIpc) is 3.12. The maximum Gasteiger partial charge on any atom is 0.230 e. The second kappa shape index (κ2) is 9.32. The molecular formula is C20H23N5OS. The maximum absolute atomic E-state index is 12.1. The van der Waals surface area contributed by atoms with Gasteiger partial charge in [0, 0.05) is 6.54 Å². The third-order valence-corrected chi connectivity index (χ3v) is 5.15. The van der Waals surface area contributed by atoms with E-state index in [0.717, 1.165) is 29.7 Å². The molecule has 0 saturated carbocycles. The lowest BCUT2D eigenvalue weighted by atomic mass is 10.1. The Morgan fingerprint density at radius 3 is 2.56 bits per heavy atom. The monoisotopic (exact) mass is 381 g/mol. The molecule has 6 nitrogen and oxygen atoms in total. The molecule has 0 aliphatic rings. The van der Waals surface area contributed by atoms with Gasteiger partial charge in [-0.3, -0.25) is 4.79 Å². The van der Waals surface area contributed by atoms with E-state index in [1.54, 1.807) is 4.68 Å². The summed E-state index contributed by atoms with van der Waals surface area (Å²) in [6.45, 7) is 4.71. The number of amides is 1. The number of rotatable bonds is 8. The van der Waals surface area contributed by atoms with Crippen LogP contribution >= 0.6 is 11.8 Å². The molecule has 1 heterocycles. The number of para-hydroxylation sites is 1. The Morgan fingerprint density at radius 2 is 1.81 bits per heavy atom. The van der Waals surface area contributed by atoms with Gasteiger partial charge in [0.2, 0.25) is 11.1 Å². The van der Waals surface area contributed by atoms with Gasteiger partial charge in [0.15, 0.2) is 0 Å². The predicted molar refractivity (Wildman–Crippen MR) is 107 cm³/mol. The van der Waals surface area contributed by atoms with Crippen molar-refractivity contribution in [2.75, 3.05) is 12.3 Å². The summed E-state index contributed by atoms with van der Waals surface area (Å²) in [5.74, 6) is 0.278. The predicted octanol–water partition coefficient (Wildman–Crippen LogP) is 3.12. The minimum Gasteiger partial charge on any atom is -0.355 e. The van der Waals surface area contributed by atoms with Crippen LogP contribution < -0.4 is 5.32 Å². The van der Waals surface area contributed by atoms with Crippen molar-refractivity contribution < 1.29 is 4.79 Å². The number of carbonyl (C=O) groups excluding carboxylic acids is 1. The SMILES string of the molecule is Cc1cccc(C)c1-n1nnnc1SCC(=O)NCCCc1ccccc1. The maximum atomic E-state index is 12.1. The lowest BCUT2D eigenvalue weighted by Gasteiger charge is -2.10. The van der Waals surface area contributed by atoms with Gasteiger partial charge in [0.25, 0.3) is 0 Å². The molecule has 3 aromatic rings. The van der Waals surface area contributed by atoms with E-state index in [1.807, 2.05) is 50.2 Å². The first-order valence-corrected chi connectivity index (χ1v) is 9.92. The number of carbonyl (C=O) groups is 1. The first kappa shape index (κ1) is 19.1. The summed E-state index contributed by atoms with van der Waals surface area (Å²) < 4.78 is 1.71. The number of aryl methyl sites for hydroxylation is 3. The Balaban J connectivity index is 1.49. The second-order valence-corrected chi connectivity index (χ2v) is 7.28. The van der Waals surface area contributed by atoms with Gasteiger partial charge in [0.05, 0.1) is 11.4 Å². The summed E-state index contributed by atoms with van der Waals surface area (Å²) >= 11 is 1.34. The van der Waals surface area contributed by atoms with Crippen LogP contribution in [0.5, 0.6) is 0 Å². The molecule has 3 rings (SSSR count). The standard InChI is InChI=1S/C20H23N5OS/c1-15-8-6-9-16(2)19(15)25-20(22-23-24-25)27-14-18(26)21-13-7-12-17-10-4-3-5-11-17/h3-6,8-11H,7,12-14H2,1-2H3,(H,21,26). The number of hydrogen-bond acceptors (Lipinski definition) is 5. The van der Waals surface area contributed by atoms with E-state index in [-0.39, 0.29) is 11.7 Å². The van der Waals surface area contributed by atoms with E-state index < -0.39 is 0 Å². The van der Waals surface area contributed by atoms with Crippen LogP contribution in [0.25, 0.3) is 5.69 Å². The molecule has 140 valence electrons. The summed E-state index contributed by atoms with van der Waals surface area (Å²) in [5.41, 5.74) is 4.44. The fraction of sp³-hybridized carbons (Fsp3) is 0.300. The Hall–Kier alpha value is -2.67. The van der Waals surface area contributed by atoms with Crippen molar-refractivity contribution >= 4 is 17.7 Å². The van der Waals surface area contributed by atoms with Crippen LogP contribution in [0.15, 0.2) is 53.7 Å². The number of hydrogen-bond donors (Lipinski definition) is 1. The quantitative estimate of drug-likeness (QED) is 0.479. The number of tetrazole rings is 1. The molecule has 1 aromatic heterocycles. The zero-order valence-corrected chi connectivity index (χ0v) is 16.4. The lowest BCUT2D eigenvalue weighted by molar-refractivity contribution is -0.118. The summed E-state index contributed by atoms with van der Waals surface area (Å²) in [6, 6.07) is 16.3. The highest BCUT2D eigenvalue weighted by Gasteiger charge is 2.14. The lowest BCUT2D eigenvalue weighted by Crippen LogP contribution is -2.26. The van der Waals surface area contributed by atoms with Crippen LogP contribution in [-0.4, -0.2) is 38.4 Å². The van der Waals surface area contributed by atoms with Gasteiger partial charge in [-0.1, -0.05) is 60.3 Å². The minimum absolute atomic E-state index is 0.0101. The highest BCUT2D eigenvalue weighted by Crippen LogP contribution is 2.23. The van der Waals surface area contributed by atoms with Crippen molar-refractivity contribution in [1.82, 2.24) is 25.5 Å². The molecule has 1 N–H and O–H groups in total. The molecule has 0 radical (unpaired) electrons. The average molecular weight is 382 g/mol. The van der Waals surface area contributed by atoms with E-state index in [4.69, 9.17) is 0 Å². The van der Waals surface area contributed by atoms with Crippen molar-refractivity contribution in [2.24, 2.45) is 0 Å². The van der Waals surface area contributed by atoms with Crippen LogP contribution in [-0.2, 0) is 11.2 Å². The molecule has 27 heavy (non-hydrogen) atoms. The molecule has 0 unspecified atom stereocenters. The Kier molecular flexibility index (Phi) is 6.59. The number of aromatic nitrogens is 4. The largest absolute Gasteiger partial charge is 0.355 e. The molecule has 7 heteroatoms. The zero-order valence-electron chi connectivity index (χ0n) is 15.6. The van der Waals surface area contributed by atoms with Crippen molar-refractivity contribution in [3.05, 3.63) is 65.2 Å². The Labute approximate surface area is 163 Å². The fourth-order valence-corrected chi connectivity index (χ4v) is 3.60. The van der Waals surface area contributed by atoms with Crippen LogP contribution in [0.4, 0.5) is 0 Å². The zero-order chi connectivity index (χ0) is 19.1. The molecular weight excluding hydrogens is 358 g/mol. The normalized spacial score (nSPS) is 10.7. The third kappa shape index (κ3) is 5.17. The fourth-order valence-electron chi connectivity index (χ4n) is 2.90. The van der Waals surface area contributed by atoms with Crippen LogP contribution in [0.2, 0.25) is 0 Å². The first-order chi connectivity index (χ1) is 13.1. The smallest absolute Gasteiger partial charge is 0.230 e. The van der Waals surface area contributed by atoms with Gasteiger partial charge >= 0.3 is 0 Å². The Bertz CT molecular complexity index is 874. The highest BCUT2D eigenvalue weighted by molar-refractivity contribution is 7.99. The van der Waals surface area contributed by atoms with Crippen molar-refractivity contribution in [3.8, 4) is 5.69 Å². The molecule has 0 spiro atoms. The highest BCUT2D eigenvalue weighted by atomic mass is 32.2. The summed E-state index contributed by atoms with van der Waals surface area (Å²) in [4.78, 5) is 12.1. The topological polar surface area (TPSA) is 72.7 Å². The first-order valence-electron chi connectivity index (χ1n) is 8.93. The van der Waals surface area contributed by atoms with Gasteiger partial charge in [0.1, 0.15) is 0 Å². The molecule has 0 atom stereocenters. The van der Waals surface area contributed by atoms with Crippen molar-refractivity contribution in [1.29, 1.82) is 0 Å². The molecule has 0 saturated heterocycles. The third-order valence-electron chi connectivity index (χ3n) is 4.23. The van der Waals surface area contributed by atoms with Crippen LogP contribution in [0, 0.1) is 13.8 Å². The molecule has 0 aliphatic carbocycles. The van der Waals surface area contributed by atoms with Crippen LogP contribution in [0.3, 0.4) is 0 Å². The van der Waals surface area contributed by atoms with Gasteiger partial charge in [-0.05, 0) is 53.8 Å². The van der Waals surface area contributed by atoms with E-state index >= 15 is 0 Å². The summed E-state index contributed by atoms with van der Waals surface area (Å²) in [5, 5.41) is 15.5. The molecule has 0 fully saturated rings. The molecule has 1 amide bonds. The van der Waals surface area contributed by atoms with Gasteiger partial charge in [-0.25, -0.2) is 0 Å². The number of nitrogens with zero attached hydrogens (tertiary/aromatic N) is 4. The Morgan fingerprint density at radius 1 is 1.07 bits per heavy atom. The van der Waals surface area contributed by atoms with Crippen LogP contribution in [0.1, 0.15) is 23.1 Å². The van der Waals surface area contributed by atoms with Gasteiger partial charge in [-0.15, -0.1) is 5.10 Å².